The van der Waals surface area contributed by atoms with E-state index in [1.165, 1.54) is 0 Å². The first-order valence-corrected chi connectivity index (χ1v) is 8.18. The van der Waals surface area contributed by atoms with Crippen LogP contribution in [0.25, 0.3) is 0 Å². The Morgan fingerprint density at radius 3 is 1.91 bits per heavy atom. The first-order valence-electron chi connectivity index (χ1n) is 8.18. The van der Waals surface area contributed by atoms with Crippen molar-refractivity contribution >= 4 is 11.8 Å². The lowest BCUT2D eigenvalue weighted by molar-refractivity contribution is -0.137. The fourth-order valence-electron chi connectivity index (χ4n) is 2.41. The van der Waals surface area contributed by atoms with Gasteiger partial charge in [0.15, 0.2) is 5.78 Å². The summed E-state index contributed by atoms with van der Waals surface area (Å²) in [5.41, 5.74) is 1.23. The van der Waals surface area contributed by atoms with E-state index in [-0.39, 0.29) is 18.8 Å². The first-order chi connectivity index (χ1) is 11.0. The Hall–Kier alpha value is -1.72. The van der Waals surface area contributed by atoms with E-state index >= 15 is 0 Å². The van der Waals surface area contributed by atoms with Gasteiger partial charge in [0.25, 0.3) is 0 Å². The number of benzene rings is 1. The van der Waals surface area contributed by atoms with Gasteiger partial charge in [-0.05, 0) is 18.4 Å². The summed E-state index contributed by atoms with van der Waals surface area (Å²) in [4.78, 5) is 22.4. The molecular formula is C18H26O5. The number of hydrogen-bond donors (Lipinski definition) is 3. The van der Waals surface area contributed by atoms with E-state index < -0.39 is 12.1 Å². The van der Waals surface area contributed by atoms with Crippen LogP contribution in [0.2, 0.25) is 0 Å². The highest BCUT2D eigenvalue weighted by Crippen LogP contribution is 2.15. The Bertz CT molecular complexity index is 481. The molecular weight excluding hydrogens is 296 g/mol. The molecule has 0 aliphatic heterocycles. The number of aliphatic hydroxyl groups excluding tert-OH is 2. The van der Waals surface area contributed by atoms with Gasteiger partial charge in [0.05, 0.1) is 6.61 Å². The maximum atomic E-state index is 12.0. The number of Topliss-reactive ketones (excluding diaryl/α,β-unsaturated/α-hetero) is 1. The van der Waals surface area contributed by atoms with Gasteiger partial charge in [0, 0.05) is 18.4 Å². The lowest BCUT2D eigenvalue weighted by Crippen LogP contribution is -2.04. The number of aliphatic hydroxyl groups is 2. The Kier molecular flexibility index (Phi) is 9.17. The van der Waals surface area contributed by atoms with Crippen molar-refractivity contribution in [3.8, 4) is 0 Å². The minimum Gasteiger partial charge on any atom is -0.481 e. The summed E-state index contributed by atoms with van der Waals surface area (Å²) < 4.78 is 0. The number of rotatable bonds is 12. The Morgan fingerprint density at radius 2 is 1.39 bits per heavy atom. The van der Waals surface area contributed by atoms with E-state index in [4.69, 9.17) is 10.2 Å². The molecule has 1 atom stereocenters. The molecule has 128 valence electrons. The molecule has 0 saturated carbocycles. The average Bonchev–Trinajstić information content (AvgIpc) is 2.56. The molecule has 0 radical (unpaired) electrons. The Morgan fingerprint density at radius 1 is 0.870 bits per heavy atom. The van der Waals surface area contributed by atoms with Crippen molar-refractivity contribution in [1.82, 2.24) is 0 Å². The molecule has 0 aliphatic carbocycles. The molecule has 5 heteroatoms. The molecule has 0 saturated heterocycles. The van der Waals surface area contributed by atoms with Crippen LogP contribution in [0.1, 0.15) is 73.4 Å². The summed E-state index contributed by atoms with van der Waals surface area (Å²) >= 11 is 0. The fourth-order valence-corrected chi connectivity index (χ4v) is 2.41. The van der Waals surface area contributed by atoms with Gasteiger partial charge < -0.3 is 15.3 Å². The van der Waals surface area contributed by atoms with Crippen LogP contribution in [0, 0.1) is 0 Å². The zero-order chi connectivity index (χ0) is 17.1. The second-order valence-corrected chi connectivity index (χ2v) is 5.76. The summed E-state index contributed by atoms with van der Waals surface area (Å²) in [6.45, 7) is -0.334. The molecule has 0 fully saturated rings. The van der Waals surface area contributed by atoms with E-state index in [0.29, 0.717) is 17.5 Å². The summed E-state index contributed by atoms with van der Waals surface area (Å²) in [7, 11) is 0. The number of hydrogen-bond acceptors (Lipinski definition) is 4. The molecule has 1 aromatic rings. The molecule has 1 rings (SSSR count). The average molecular weight is 322 g/mol. The smallest absolute Gasteiger partial charge is 0.303 e. The topological polar surface area (TPSA) is 94.8 Å². The van der Waals surface area contributed by atoms with Crippen LogP contribution in [0.4, 0.5) is 0 Å². The van der Waals surface area contributed by atoms with E-state index in [2.05, 4.69) is 0 Å². The fraction of sp³-hybridized carbons (Fsp3) is 0.556. The monoisotopic (exact) mass is 322 g/mol. The number of ketones is 1. The van der Waals surface area contributed by atoms with Crippen molar-refractivity contribution in [2.45, 2.75) is 57.5 Å². The second-order valence-electron chi connectivity index (χ2n) is 5.76. The zero-order valence-electron chi connectivity index (χ0n) is 13.4. The molecule has 0 spiro atoms. The highest BCUT2D eigenvalue weighted by atomic mass is 16.4. The number of unbranched alkanes of at least 4 members (excludes halogenated alkanes) is 5. The van der Waals surface area contributed by atoms with Gasteiger partial charge in [-0.25, -0.2) is 0 Å². The lowest BCUT2D eigenvalue weighted by atomic mass is 10.0. The number of carboxylic acid groups (broad SMARTS) is 1. The van der Waals surface area contributed by atoms with Crippen LogP contribution in [0.3, 0.4) is 0 Å². The third kappa shape index (κ3) is 7.90. The quantitative estimate of drug-likeness (QED) is 0.406. The molecule has 5 nitrogen and oxygen atoms in total. The van der Waals surface area contributed by atoms with E-state index in [0.717, 1.165) is 38.5 Å². The lowest BCUT2D eigenvalue weighted by Gasteiger charge is -2.08. The molecule has 0 amide bonds. The van der Waals surface area contributed by atoms with Crippen LogP contribution in [-0.2, 0) is 4.79 Å². The highest BCUT2D eigenvalue weighted by molar-refractivity contribution is 5.96. The molecule has 0 heterocycles. The van der Waals surface area contributed by atoms with Crippen LogP contribution < -0.4 is 0 Å². The predicted octanol–water partition coefficient (Wildman–Crippen LogP) is 3.10. The number of carbonyl (C=O) groups is 2. The van der Waals surface area contributed by atoms with Gasteiger partial charge in [-0.1, -0.05) is 49.9 Å². The summed E-state index contributed by atoms with van der Waals surface area (Å²) in [5, 5.41) is 26.9. The van der Waals surface area contributed by atoms with Crippen molar-refractivity contribution in [2.75, 3.05) is 6.61 Å². The molecule has 0 bridgehead atoms. The maximum absolute atomic E-state index is 12.0. The Balaban J connectivity index is 2.18. The second kappa shape index (κ2) is 10.9. The Labute approximate surface area is 137 Å². The van der Waals surface area contributed by atoms with Gasteiger partial charge >= 0.3 is 5.97 Å². The van der Waals surface area contributed by atoms with Crippen molar-refractivity contribution in [1.29, 1.82) is 0 Å². The number of aliphatic carboxylic acids is 1. The van der Waals surface area contributed by atoms with Crippen molar-refractivity contribution in [2.24, 2.45) is 0 Å². The minimum absolute atomic E-state index is 0.0842. The summed E-state index contributed by atoms with van der Waals surface area (Å²) in [6, 6.07) is 6.69. The van der Waals surface area contributed by atoms with Gasteiger partial charge in [-0.2, -0.15) is 0 Å². The minimum atomic E-state index is -0.903. The molecule has 3 N–H and O–H groups in total. The zero-order valence-corrected chi connectivity index (χ0v) is 13.4. The van der Waals surface area contributed by atoms with Crippen LogP contribution in [0.5, 0.6) is 0 Å². The van der Waals surface area contributed by atoms with Gasteiger partial charge in [0.1, 0.15) is 6.10 Å². The number of carboxylic acids is 1. The largest absolute Gasteiger partial charge is 0.481 e. The van der Waals surface area contributed by atoms with Crippen molar-refractivity contribution in [3.05, 3.63) is 35.4 Å². The summed E-state index contributed by atoms with van der Waals surface area (Å²) in [6.07, 6.45) is 5.31. The van der Waals surface area contributed by atoms with E-state index in [1.807, 2.05) is 0 Å². The van der Waals surface area contributed by atoms with E-state index in [9.17, 15) is 14.7 Å². The van der Waals surface area contributed by atoms with Crippen LogP contribution in [0.15, 0.2) is 24.3 Å². The standard InChI is InChI=1S/C18H26O5/c19-13-17(21)15-11-9-14(10-12-15)16(20)7-5-3-1-2-4-6-8-18(22)23/h9-12,17,19,21H,1-8,13H2,(H,22,23). The molecule has 1 unspecified atom stereocenters. The van der Waals surface area contributed by atoms with Crippen molar-refractivity contribution < 1.29 is 24.9 Å². The first kappa shape index (κ1) is 19.3. The SMILES string of the molecule is O=C(O)CCCCCCCCC(=O)c1ccc(C(O)CO)cc1. The molecule has 0 aliphatic rings. The highest BCUT2D eigenvalue weighted by Gasteiger charge is 2.09. The summed E-state index contributed by atoms with van der Waals surface area (Å²) in [5.74, 6) is -0.658. The molecule has 0 aromatic heterocycles. The van der Waals surface area contributed by atoms with Gasteiger partial charge in [-0.3, -0.25) is 9.59 Å². The maximum Gasteiger partial charge on any atom is 0.303 e. The predicted molar refractivity (Wildman–Crippen MR) is 87.4 cm³/mol. The molecule has 1 aromatic carbocycles. The third-order valence-electron chi connectivity index (χ3n) is 3.83. The third-order valence-corrected chi connectivity index (χ3v) is 3.83. The molecule has 23 heavy (non-hydrogen) atoms. The van der Waals surface area contributed by atoms with Gasteiger partial charge in [0.2, 0.25) is 0 Å². The van der Waals surface area contributed by atoms with Crippen LogP contribution in [-0.4, -0.2) is 33.7 Å². The van der Waals surface area contributed by atoms with Crippen LogP contribution >= 0.6 is 0 Å². The van der Waals surface area contributed by atoms with E-state index in [1.54, 1.807) is 24.3 Å². The number of carbonyl (C=O) groups excluding carboxylic acids is 1. The normalized spacial score (nSPS) is 12.1. The van der Waals surface area contributed by atoms with Gasteiger partial charge in [-0.15, -0.1) is 0 Å². The van der Waals surface area contributed by atoms with Crippen molar-refractivity contribution in [3.63, 3.8) is 0 Å².